The van der Waals surface area contributed by atoms with E-state index in [0.29, 0.717) is 37.1 Å². The molecule has 2 amide bonds. The normalized spacial score (nSPS) is 18.3. The highest BCUT2D eigenvalue weighted by Crippen LogP contribution is 2.35. The Labute approximate surface area is 200 Å². The number of aromatic nitrogens is 2. The van der Waals surface area contributed by atoms with E-state index >= 15 is 0 Å². The minimum Gasteiger partial charge on any atom is -0.490 e. The highest BCUT2D eigenvalue weighted by molar-refractivity contribution is 5.76. The van der Waals surface area contributed by atoms with Crippen LogP contribution in [0.3, 0.4) is 0 Å². The molecule has 0 radical (unpaired) electrons. The van der Waals surface area contributed by atoms with Crippen molar-refractivity contribution in [2.75, 3.05) is 13.2 Å². The zero-order chi connectivity index (χ0) is 24.0. The maximum Gasteiger partial charge on any atom is 0.227 e. The van der Waals surface area contributed by atoms with Gasteiger partial charge in [0, 0.05) is 26.2 Å². The summed E-state index contributed by atoms with van der Waals surface area (Å²) in [5.41, 5.74) is 0.362. The summed E-state index contributed by atoms with van der Waals surface area (Å²) < 4.78 is 16.9. The van der Waals surface area contributed by atoms with Gasteiger partial charge in [0.15, 0.2) is 17.3 Å². The third-order valence-electron chi connectivity index (χ3n) is 6.48. The van der Waals surface area contributed by atoms with Crippen LogP contribution in [0.4, 0.5) is 0 Å². The second-order valence-electron chi connectivity index (χ2n) is 9.24. The summed E-state index contributed by atoms with van der Waals surface area (Å²) >= 11 is 0. The van der Waals surface area contributed by atoms with Gasteiger partial charge in [0.05, 0.1) is 19.3 Å². The zero-order valence-corrected chi connectivity index (χ0v) is 20.0. The van der Waals surface area contributed by atoms with Crippen molar-refractivity contribution in [3.8, 4) is 11.5 Å². The lowest BCUT2D eigenvalue weighted by atomic mass is 9.89. The van der Waals surface area contributed by atoms with Crippen molar-refractivity contribution in [1.82, 2.24) is 20.8 Å². The molecule has 1 aliphatic carbocycles. The van der Waals surface area contributed by atoms with E-state index in [1.54, 1.807) is 0 Å². The van der Waals surface area contributed by atoms with Crippen molar-refractivity contribution in [2.45, 2.75) is 83.2 Å². The Balaban J connectivity index is 1.34. The first-order valence-corrected chi connectivity index (χ1v) is 12.3. The molecule has 9 nitrogen and oxygen atoms in total. The van der Waals surface area contributed by atoms with Gasteiger partial charge in [-0.25, -0.2) is 0 Å². The van der Waals surface area contributed by atoms with Crippen molar-refractivity contribution >= 4 is 11.8 Å². The standard InChI is InChI=1S/C25H34N4O5/c1-17(19-8-9-20-21(16-19)33-15-7-14-32-20)26-22(31)10-11-23-27-24(29-34-23)25(28-18(2)30)12-5-3-4-6-13-25/h8-9,16-17H,3-7,10-15H2,1-2H3,(H,26,31)(H,28,30). The summed E-state index contributed by atoms with van der Waals surface area (Å²) in [6.45, 7) is 4.71. The van der Waals surface area contributed by atoms with E-state index in [1.165, 1.54) is 6.92 Å². The third-order valence-corrected chi connectivity index (χ3v) is 6.48. The molecule has 1 fully saturated rings. The van der Waals surface area contributed by atoms with E-state index < -0.39 is 5.54 Å². The SMILES string of the molecule is CC(=O)NC1(c2noc(CCC(=O)NC(C)c3ccc4c(c3)OCCCO4)n2)CCCCCC1. The predicted octanol–water partition coefficient (Wildman–Crippen LogP) is 3.73. The molecule has 2 heterocycles. The van der Waals surface area contributed by atoms with Crippen LogP contribution in [0.1, 0.15) is 88.5 Å². The van der Waals surface area contributed by atoms with E-state index in [2.05, 4.69) is 20.8 Å². The molecule has 2 aliphatic rings. The number of nitrogens with zero attached hydrogens (tertiary/aromatic N) is 2. The van der Waals surface area contributed by atoms with Crippen LogP contribution >= 0.6 is 0 Å². The van der Waals surface area contributed by atoms with Gasteiger partial charge >= 0.3 is 0 Å². The minimum absolute atomic E-state index is 0.101. The largest absolute Gasteiger partial charge is 0.490 e. The predicted molar refractivity (Wildman–Crippen MR) is 124 cm³/mol. The molecule has 0 spiro atoms. The van der Waals surface area contributed by atoms with Gasteiger partial charge in [-0.15, -0.1) is 0 Å². The first kappa shape index (κ1) is 24.0. The molecular weight excluding hydrogens is 436 g/mol. The lowest BCUT2D eigenvalue weighted by Crippen LogP contribution is -2.45. The lowest BCUT2D eigenvalue weighted by molar-refractivity contribution is -0.122. The van der Waals surface area contributed by atoms with Gasteiger partial charge < -0.3 is 24.6 Å². The average molecular weight is 471 g/mol. The van der Waals surface area contributed by atoms with Gasteiger partial charge in [0.1, 0.15) is 5.54 Å². The fourth-order valence-electron chi connectivity index (χ4n) is 4.69. The number of ether oxygens (including phenoxy) is 2. The summed E-state index contributed by atoms with van der Waals surface area (Å²) in [5, 5.41) is 10.3. The molecular formula is C25H34N4O5. The number of carbonyl (C=O) groups excluding carboxylic acids is 2. The topological polar surface area (TPSA) is 116 Å². The van der Waals surface area contributed by atoms with E-state index in [9.17, 15) is 9.59 Å². The van der Waals surface area contributed by atoms with Gasteiger partial charge in [-0.2, -0.15) is 4.98 Å². The van der Waals surface area contributed by atoms with Gasteiger partial charge in [-0.3, -0.25) is 9.59 Å². The fourth-order valence-corrected chi connectivity index (χ4v) is 4.69. The zero-order valence-electron chi connectivity index (χ0n) is 20.0. The van der Waals surface area contributed by atoms with Crippen molar-refractivity contribution in [3.05, 3.63) is 35.5 Å². The second-order valence-corrected chi connectivity index (χ2v) is 9.24. The van der Waals surface area contributed by atoms with Crippen LogP contribution < -0.4 is 20.1 Å². The molecule has 1 saturated carbocycles. The second kappa shape index (κ2) is 10.9. The molecule has 34 heavy (non-hydrogen) atoms. The highest BCUT2D eigenvalue weighted by atomic mass is 16.5. The van der Waals surface area contributed by atoms with Crippen LogP contribution in [0.2, 0.25) is 0 Å². The molecule has 2 aromatic rings. The molecule has 2 N–H and O–H groups in total. The molecule has 1 aromatic heterocycles. The summed E-state index contributed by atoms with van der Waals surface area (Å²) in [5.74, 6) is 2.16. The van der Waals surface area contributed by atoms with Crippen molar-refractivity contribution in [1.29, 1.82) is 0 Å². The summed E-state index contributed by atoms with van der Waals surface area (Å²) in [7, 11) is 0. The van der Waals surface area contributed by atoms with E-state index in [4.69, 9.17) is 14.0 Å². The van der Waals surface area contributed by atoms with Crippen LogP contribution in [-0.2, 0) is 21.5 Å². The Bertz CT molecular complexity index is 997. The first-order valence-electron chi connectivity index (χ1n) is 12.3. The molecule has 1 atom stereocenters. The summed E-state index contributed by atoms with van der Waals surface area (Å²) in [6, 6.07) is 5.56. The number of rotatable bonds is 7. The minimum atomic E-state index is -0.585. The van der Waals surface area contributed by atoms with Crippen LogP contribution in [0.5, 0.6) is 11.5 Å². The fraction of sp³-hybridized carbons (Fsp3) is 0.600. The Morgan fingerprint density at radius 3 is 2.53 bits per heavy atom. The Hall–Kier alpha value is -3.10. The molecule has 1 unspecified atom stereocenters. The number of amides is 2. The maximum atomic E-state index is 12.6. The quantitative estimate of drug-likeness (QED) is 0.593. The smallest absolute Gasteiger partial charge is 0.227 e. The van der Waals surface area contributed by atoms with E-state index in [0.717, 1.165) is 56.3 Å². The van der Waals surface area contributed by atoms with Crippen LogP contribution in [0.25, 0.3) is 0 Å². The summed E-state index contributed by atoms with van der Waals surface area (Å²) in [4.78, 5) is 29.0. The van der Waals surface area contributed by atoms with Crippen molar-refractivity contribution in [3.63, 3.8) is 0 Å². The number of fused-ring (bicyclic) bond motifs is 1. The molecule has 0 bridgehead atoms. The van der Waals surface area contributed by atoms with Crippen molar-refractivity contribution in [2.24, 2.45) is 0 Å². The molecule has 184 valence electrons. The van der Waals surface area contributed by atoms with Gasteiger partial charge in [-0.05, 0) is 37.5 Å². The van der Waals surface area contributed by atoms with Crippen LogP contribution in [0, 0.1) is 0 Å². The number of benzene rings is 1. The van der Waals surface area contributed by atoms with Crippen LogP contribution in [-0.4, -0.2) is 35.2 Å². The van der Waals surface area contributed by atoms with Gasteiger partial charge in [0.25, 0.3) is 0 Å². The Kier molecular flexibility index (Phi) is 7.70. The van der Waals surface area contributed by atoms with Crippen LogP contribution in [0.15, 0.2) is 22.7 Å². The number of carbonyl (C=O) groups is 2. The highest BCUT2D eigenvalue weighted by Gasteiger charge is 2.38. The molecule has 1 aliphatic heterocycles. The summed E-state index contributed by atoms with van der Waals surface area (Å²) in [6.07, 6.45) is 7.26. The molecule has 9 heteroatoms. The number of aryl methyl sites for hydroxylation is 1. The monoisotopic (exact) mass is 470 g/mol. The van der Waals surface area contributed by atoms with E-state index in [1.807, 2.05) is 25.1 Å². The molecule has 1 aromatic carbocycles. The lowest BCUT2D eigenvalue weighted by Gasteiger charge is -2.30. The Morgan fingerprint density at radius 2 is 1.79 bits per heavy atom. The molecule has 0 saturated heterocycles. The van der Waals surface area contributed by atoms with Gasteiger partial charge in [0.2, 0.25) is 17.7 Å². The number of nitrogens with one attached hydrogen (secondary N) is 2. The number of hydrogen-bond donors (Lipinski definition) is 2. The van der Waals surface area contributed by atoms with Gasteiger partial charge in [-0.1, -0.05) is 36.9 Å². The first-order chi connectivity index (χ1) is 16.4. The average Bonchev–Trinajstić information content (AvgIpc) is 3.00. The Morgan fingerprint density at radius 1 is 1.06 bits per heavy atom. The maximum absolute atomic E-state index is 12.6. The third kappa shape index (κ3) is 5.87. The molecule has 4 rings (SSSR count). The van der Waals surface area contributed by atoms with E-state index in [-0.39, 0.29) is 24.3 Å². The van der Waals surface area contributed by atoms with Crippen molar-refractivity contribution < 1.29 is 23.6 Å². The number of hydrogen-bond acceptors (Lipinski definition) is 7.